The van der Waals surface area contributed by atoms with Crippen LogP contribution in [0.15, 0.2) is 30.6 Å². The summed E-state index contributed by atoms with van der Waals surface area (Å²) in [5.74, 6) is 1.25. The Kier molecular flexibility index (Phi) is 8.88. The number of anilines is 2. The smallest absolute Gasteiger partial charge is 0.437 e. The van der Waals surface area contributed by atoms with Gasteiger partial charge in [-0.25, -0.2) is 14.6 Å². The number of ether oxygens (including phenoxy) is 4. The molecule has 226 valence electrons. The second-order valence-corrected chi connectivity index (χ2v) is 12.0. The molecule has 13 nitrogen and oxygen atoms in total. The van der Waals surface area contributed by atoms with Gasteiger partial charge in [-0.05, 0) is 73.4 Å². The van der Waals surface area contributed by atoms with Crippen LogP contribution in [0.25, 0.3) is 11.3 Å². The van der Waals surface area contributed by atoms with Crippen LogP contribution in [0.3, 0.4) is 0 Å². The molecule has 1 aliphatic rings. The van der Waals surface area contributed by atoms with Gasteiger partial charge in [-0.2, -0.15) is 10.1 Å². The van der Waals surface area contributed by atoms with Crippen molar-refractivity contribution >= 4 is 23.8 Å². The average Bonchev–Trinajstić information content (AvgIpc) is 3.30. The van der Waals surface area contributed by atoms with E-state index in [4.69, 9.17) is 18.9 Å². The molecule has 13 heteroatoms. The summed E-state index contributed by atoms with van der Waals surface area (Å²) in [7, 11) is 1.52. The fourth-order valence-electron chi connectivity index (χ4n) is 4.22. The first-order valence-corrected chi connectivity index (χ1v) is 13.8. The molecule has 3 aromatic rings. The van der Waals surface area contributed by atoms with Crippen molar-refractivity contribution < 1.29 is 28.5 Å². The van der Waals surface area contributed by atoms with Crippen LogP contribution in [0.1, 0.15) is 60.1 Å². The van der Waals surface area contributed by atoms with Gasteiger partial charge in [-0.15, -0.1) is 4.68 Å². The zero-order valence-corrected chi connectivity index (χ0v) is 25.4. The molecule has 1 fully saturated rings. The number of carbonyl (C=O) groups excluding carboxylic acids is 2. The molecule has 1 aliphatic heterocycles. The Hall–Kier alpha value is -4.42. The van der Waals surface area contributed by atoms with Crippen LogP contribution in [0, 0.1) is 6.92 Å². The Morgan fingerprint density at radius 3 is 2.40 bits per heavy atom. The standard InChI is InChI=1S/C29H39N7O6/c1-18-11-12-20(25(31-18)39-8)21-14-23(36(34-21)27(38)42-29(5,6)7)32-22-15-30-16-24(33-22)40-19-10-9-13-35(17-19)26(37)41-28(2,3)4/h11-12,14-16,19H,9-10,13,17H2,1-8H3,(H,32,33)/t19-/m1/s1. The molecule has 0 unspecified atom stereocenters. The van der Waals surface area contributed by atoms with Crippen molar-refractivity contribution in [1.82, 2.24) is 29.6 Å². The zero-order valence-electron chi connectivity index (χ0n) is 25.4. The van der Waals surface area contributed by atoms with Gasteiger partial charge in [0.15, 0.2) is 5.82 Å². The number of amides is 1. The maximum atomic E-state index is 13.1. The number of aromatic nitrogens is 5. The van der Waals surface area contributed by atoms with Crippen LogP contribution in [0.2, 0.25) is 0 Å². The number of rotatable bonds is 6. The van der Waals surface area contributed by atoms with Crippen molar-refractivity contribution in [3.05, 3.63) is 36.3 Å². The lowest BCUT2D eigenvalue weighted by atomic mass is 10.1. The Bertz CT molecular complexity index is 1430. The third-order valence-electron chi connectivity index (χ3n) is 5.93. The molecular formula is C29H39N7O6. The average molecular weight is 582 g/mol. The van der Waals surface area contributed by atoms with Crippen LogP contribution in [-0.2, 0) is 9.47 Å². The van der Waals surface area contributed by atoms with Gasteiger partial charge < -0.3 is 29.2 Å². The number of methoxy groups -OCH3 is 1. The van der Waals surface area contributed by atoms with Gasteiger partial charge >= 0.3 is 12.2 Å². The molecule has 0 aromatic carbocycles. The Morgan fingerprint density at radius 2 is 1.71 bits per heavy atom. The molecule has 0 bridgehead atoms. The van der Waals surface area contributed by atoms with Gasteiger partial charge in [0.1, 0.15) is 28.8 Å². The second kappa shape index (κ2) is 12.2. The molecule has 4 rings (SSSR count). The van der Waals surface area contributed by atoms with E-state index in [1.807, 2.05) is 39.8 Å². The third-order valence-corrected chi connectivity index (χ3v) is 5.93. The van der Waals surface area contributed by atoms with Gasteiger partial charge in [-0.3, -0.25) is 4.98 Å². The fraction of sp³-hybridized carbons (Fsp3) is 0.517. The first-order chi connectivity index (χ1) is 19.7. The monoisotopic (exact) mass is 581 g/mol. The summed E-state index contributed by atoms with van der Waals surface area (Å²) in [6, 6.07) is 5.33. The van der Waals surface area contributed by atoms with Crippen LogP contribution in [0.5, 0.6) is 11.8 Å². The Morgan fingerprint density at radius 1 is 1.00 bits per heavy atom. The highest BCUT2D eigenvalue weighted by atomic mass is 16.6. The number of nitrogens with zero attached hydrogens (tertiary/aromatic N) is 6. The molecule has 0 aliphatic carbocycles. The fourth-order valence-corrected chi connectivity index (χ4v) is 4.22. The highest BCUT2D eigenvalue weighted by Crippen LogP contribution is 2.31. The highest BCUT2D eigenvalue weighted by molar-refractivity contribution is 5.79. The van der Waals surface area contributed by atoms with E-state index in [0.29, 0.717) is 41.9 Å². The normalized spacial score (nSPS) is 15.6. The molecule has 1 amide bonds. The first-order valence-electron chi connectivity index (χ1n) is 13.8. The molecule has 1 N–H and O–H groups in total. The Labute approximate surface area is 245 Å². The summed E-state index contributed by atoms with van der Waals surface area (Å²) in [6.45, 7) is 13.7. The van der Waals surface area contributed by atoms with E-state index in [9.17, 15) is 9.59 Å². The molecule has 0 saturated carbocycles. The predicted octanol–water partition coefficient (Wildman–Crippen LogP) is 5.36. The summed E-state index contributed by atoms with van der Waals surface area (Å²) >= 11 is 0. The van der Waals surface area contributed by atoms with Gasteiger partial charge in [0.05, 0.1) is 31.6 Å². The topological polar surface area (TPSA) is 143 Å². The quantitative estimate of drug-likeness (QED) is 0.402. The highest BCUT2D eigenvalue weighted by Gasteiger charge is 2.29. The molecule has 42 heavy (non-hydrogen) atoms. The Balaban J connectivity index is 1.56. The van der Waals surface area contributed by atoms with Gasteiger partial charge in [0.2, 0.25) is 11.8 Å². The van der Waals surface area contributed by atoms with Crippen molar-refractivity contribution in [2.45, 2.75) is 78.6 Å². The summed E-state index contributed by atoms with van der Waals surface area (Å²) in [5, 5.41) is 7.60. The number of piperidine rings is 1. The van der Waals surface area contributed by atoms with E-state index in [1.165, 1.54) is 19.5 Å². The molecule has 0 radical (unpaired) electrons. The van der Waals surface area contributed by atoms with Crippen molar-refractivity contribution in [2.75, 3.05) is 25.5 Å². The van der Waals surface area contributed by atoms with Crippen molar-refractivity contribution in [2.24, 2.45) is 0 Å². The van der Waals surface area contributed by atoms with E-state index in [1.54, 1.807) is 31.7 Å². The number of likely N-dealkylation sites (tertiary alicyclic amines) is 1. The van der Waals surface area contributed by atoms with Crippen LogP contribution < -0.4 is 14.8 Å². The maximum Gasteiger partial charge on any atom is 0.437 e. The lowest BCUT2D eigenvalue weighted by molar-refractivity contribution is 0.00717. The van der Waals surface area contributed by atoms with Crippen molar-refractivity contribution in [3.8, 4) is 23.0 Å². The van der Waals surface area contributed by atoms with Crippen LogP contribution in [0.4, 0.5) is 21.2 Å². The van der Waals surface area contributed by atoms with E-state index in [-0.39, 0.29) is 18.1 Å². The minimum atomic E-state index is -0.746. The van der Waals surface area contributed by atoms with Crippen LogP contribution in [-0.4, -0.2) is 79.3 Å². The minimum absolute atomic E-state index is 0.268. The molecule has 1 saturated heterocycles. The number of carbonyl (C=O) groups is 2. The third kappa shape index (κ3) is 8.08. The largest absolute Gasteiger partial charge is 0.480 e. The summed E-state index contributed by atoms with van der Waals surface area (Å²) in [4.78, 5) is 40.5. The molecule has 1 atom stereocenters. The number of pyridine rings is 1. The van der Waals surface area contributed by atoms with Crippen molar-refractivity contribution in [3.63, 3.8) is 0 Å². The lowest BCUT2D eigenvalue weighted by Crippen LogP contribution is -2.46. The number of aryl methyl sites for hydroxylation is 1. The number of hydrogen-bond donors (Lipinski definition) is 1. The maximum absolute atomic E-state index is 13.1. The van der Waals surface area contributed by atoms with Crippen molar-refractivity contribution in [1.29, 1.82) is 0 Å². The lowest BCUT2D eigenvalue weighted by Gasteiger charge is -2.33. The summed E-state index contributed by atoms with van der Waals surface area (Å²) in [6.07, 6.45) is 3.18. The van der Waals surface area contributed by atoms with E-state index >= 15 is 0 Å². The summed E-state index contributed by atoms with van der Waals surface area (Å²) in [5.41, 5.74) is 0.494. The predicted molar refractivity (Wildman–Crippen MR) is 155 cm³/mol. The second-order valence-electron chi connectivity index (χ2n) is 12.0. The van der Waals surface area contributed by atoms with Gasteiger partial charge in [-0.1, -0.05) is 0 Å². The minimum Gasteiger partial charge on any atom is -0.480 e. The molecular weight excluding hydrogens is 542 g/mol. The molecule has 3 aromatic heterocycles. The van der Waals surface area contributed by atoms with E-state index in [2.05, 4.69) is 25.4 Å². The first kappa shape index (κ1) is 30.5. The van der Waals surface area contributed by atoms with Gasteiger partial charge in [0, 0.05) is 18.3 Å². The summed E-state index contributed by atoms with van der Waals surface area (Å²) < 4.78 is 23.8. The van der Waals surface area contributed by atoms with Gasteiger partial charge in [0.25, 0.3) is 0 Å². The van der Waals surface area contributed by atoms with E-state index < -0.39 is 17.3 Å². The zero-order chi connectivity index (χ0) is 30.7. The number of nitrogens with one attached hydrogen (secondary N) is 1. The number of hydrogen-bond acceptors (Lipinski definition) is 11. The van der Waals surface area contributed by atoms with E-state index in [0.717, 1.165) is 23.2 Å². The molecule has 4 heterocycles. The SMILES string of the molecule is COc1nc(C)ccc1-c1cc(Nc2cncc(O[C@@H]3CCCN(C(=O)OC(C)(C)C)C3)n2)n(C(=O)OC(C)(C)C)n1. The van der Waals surface area contributed by atoms with Crippen LogP contribution >= 0.6 is 0 Å². The molecule has 0 spiro atoms.